The van der Waals surface area contributed by atoms with Crippen molar-refractivity contribution in [2.75, 3.05) is 0 Å². The third-order valence-corrected chi connectivity index (χ3v) is 3.20. The zero-order valence-electron chi connectivity index (χ0n) is 11.8. The lowest BCUT2D eigenvalue weighted by Crippen LogP contribution is -2.10. The van der Waals surface area contributed by atoms with Crippen LogP contribution in [-0.2, 0) is 0 Å². The van der Waals surface area contributed by atoms with Gasteiger partial charge in [-0.25, -0.2) is 4.98 Å². The second kappa shape index (κ2) is 5.98. The predicted molar refractivity (Wildman–Crippen MR) is 87.5 cm³/mol. The van der Waals surface area contributed by atoms with Gasteiger partial charge in [0, 0.05) is 34.6 Å². The number of aromatic nitrogens is 2. The summed E-state index contributed by atoms with van der Waals surface area (Å²) in [5, 5.41) is 7.36. The van der Waals surface area contributed by atoms with Crippen LogP contribution in [0.15, 0.2) is 60.9 Å². The van der Waals surface area contributed by atoms with Crippen molar-refractivity contribution >= 4 is 5.84 Å². The van der Waals surface area contributed by atoms with Crippen molar-refractivity contribution in [2.45, 2.75) is 0 Å². The van der Waals surface area contributed by atoms with Crippen molar-refractivity contribution < 1.29 is 0 Å². The molecule has 1 aromatic heterocycles. The Kier molecular flexibility index (Phi) is 3.71. The van der Waals surface area contributed by atoms with E-state index in [1.165, 1.54) is 0 Å². The molecule has 0 aliphatic carbocycles. The summed E-state index contributed by atoms with van der Waals surface area (Å²) in [5.74, 6) is 7.12. The minimum absolute atomic E-state index is 0.0630. The van der Waals surface area contributed by atoms with Gasteiger partial charge in [-0.05, 0) is 24.3 Å². The highest BCUT2D eigenvalue weighted by molar-refractivity contribution is 5.94. The third kappa shape index (κ3) is 3.05. The molecule has 0 unspecified atom stereocenters. The van der Waals surface area contributed by atoms with E-state index in [0.29, 0.717) is 5.56 Å². The Morgan fingerprint density at radius 3 is 2.05 bits per heavy atom. The fourth-order valence-electron chi connectivity index (χ4n) is 2.01. The Balaban J connectivity index is 1.77. The van der Waals surface area contributed by atoms with Gasteiger partial charge in [0.25, 0.3) is 0 Å². The highest BCUT2D eigenvalue weighted by atomic mass is 14.9. The highest BCUT2D eigenvalue weighted by Crippen LogP contribution is 2.14. The number of nitrogens with two attached hydrogens (primary N) is 1. The average molecular weight is 286 g/mol. The fraction of sp³-hybridized carbons (Fsp3) is 0. The molecule has 0 atom stereocenters. The zero-order chi connectivity index (χ0) is 15.4. The van der Waals surface area contributed by atoms with E-state index in [1.807, 2.05) is 36.4 Å². The average Bonchev–Trinajstić information content (AvgIpc) is 3.08. The summed E-state index contributed by atoms with van der Waals surface area (Å²) in [6.45, 7) is 0. The molecule has 0 aliphatic heterocycles. The summed E-state index contributed by atoms with van der Waals surface area (Å²) < 4.78 is 0. The first kappa shape index (κ1) is 13.7. The second-order valence-corrected chi connectivity index (χ2v) is 4.76. The molecule has 106 valence electrons. The smallest absolute Gasteiger partial charge is 0.137 e. The van der Waals surface area contributed by atoms with Gasteiger partial charge in [0.15, 0.2) is 0 Å². The van der Waals surface area contributed by atoms with Crippen LogP contribution in [0.3, 0.4) is 0 Å². The molecule has 0 bridgehead atoms. The maximum absolute atomic E-state index is 7.36. The largest absolute Gasteiger partial charge is 0.384 e. The SMILES string of the molecule is N=C(N)c1ccc(C#Cc2ccc(-c3ncc[nH]3)cc2)cc1. The molecule has 0 saturated carbocycles. The molecule has 0 amide bonds. The van der Waals surface area contributed by atoms with Crippen molar-refractivity contribution in [3.63, 3.8) is 0 Å². The number of nitrogen functional groups attached to an aromatic ring is 1. The summed E-state index contributed by atoms with van der Waals surface area (Å²) in [4.78, 5) is 7.28. The quantitative estimate of drug-likeness (QED) is 0.385. The van der Waals surface area contributed by atoms with E-state index < -0.39 is 0 Å². The Morgan fingerprint density at radius 1 is 0.955 bits per heavy atom. The lowest BCUT2D eigenvalue weighted by atomic mass is 10.1. The normalized spacial score (nSPS) is 9.82. The highest BCUT2D eigenvalue weighted by Gasteiger charge is 1.98. The van der Waals surface area contributed by atoms with Crippen molar-refractivity contribution in [3.05, 3.63) is 77.6 Å². The molecule has 0 aliphatic rings. The van der Waals surface area contributed by atoms with Crippen LogP contribution >= 0.6 is 0 Å². The molecule has 4 N–H and O–H groups in total. The van der Waals surface area contributed by atoms with Gasteiger partial charge in [-0.2, -0.15) is 0 Å². The molecule has 0 fully saturated rings. The van der Waals surface area contributed by atoms with E-state index in [0.717, 1.165) is 22.5 Å². The lowest BCUT2D eigenvalue weighted by Gasteiger charge is -1.98. The molecular weight excluding hydrogens is 272 g/mol. The van der Waals surface area contributed by atoms with Gasteiger partial charge in [-0.3, -0.25) is 5.41 Å². The number of aromatic amines is 1. The topological polar surface area (TPSA) is 78.6 Å². The van der Waals surface area contributed by atoms with Gasteiger partial charge in [-0.15, -0.1) is 0 Å². The summed E-state index contributed by atoms with van der Waals surface area (Å²) in [6.07, 6.45) is 3.53. The number of H-pyrrole nitrogens is 1. The minimum atomic E-state index is 0.0630. The van der Waals surface area contributed by atoms with E-state index in [1.54, 1.807) is 24.5 Å². The van der Waals surface area contributed by atoms with Gasteiger partial charge in [0.05, 0.1) is 0 Å². The van der Waals surface area contributed by atoms with E-state index in [4.69, 9.17) is 11.1 Å². The van der Waals surface area contributed by atoms with Gasteiger partial charge >= 0.3 is 0 Å². The monoisotopic (exact) mass is 286 g/mol. The molecule has 4 heteroatoms. The maximum Gasteiger partial charge on any atom is 0.137 e. The van der Waals surface area contributed by atoms with Crippen LogP contribution in [0.2, 0.25) is 0 Å². The first-order valence-corrected chi connectivity index (χ1v) is 6.79. The number of hydrogen-bond acceptors (Lipinski definition) is 2. The number of imidazole rings is 1. The molecular formula is C18H14N4. The molecule has 1 heterocycles. The number of nitrogens with one attached hydrogen (secondary N) is 2. The molecule has 2 aromatic carbocycles. The molecule has 3 rings (SSSR count). The van der Waals surface area contributed by atoms with Gasteiger partial charge in [0.2, 0.25) is 0 Å². The number of nitrogens with zero attached hydrogens (tertiary/aromatic N) is 1. The van der Waals surface area contributed by atoms with Crippen LogP contribution in [0.4, 0.5) is 0 Å². The van der Waals surface area contributed by atoms with E-state index >= 15 is 0 Å². The van der Waals surface area contributed by atoms with Crippen molar-refractivity contribution in [2.24, 2.45) is 5.73 Å². The summed E-state index contributed by atoms with van der Waals surface area (Å²) in [5.41, 5.74) is 8.98. The van der Waals surface area contributed by atoms with Crippen molar-refractivity contribution in [3.8, 4) is 23.2 Å². The molecule has 0 spiro atoms. The summed E-state index contributed by atoms with van der Waals surface area (Å²) in [6, 6.07) is 15.2. The Bertz CT molecular complexity index is 833. The van der Waals surface area contributed by atoms with Crippen molar-refractivity contribution in [1.29, 1.82) is 5.41 Å². The molecule has 4 nitrogen and oxygen atoms in total. The molecule has 3 aromatic rings. The maximum atomic E-state index is 7.36. The fourth-order valence-corrected chi connectivity index (χ4v) is 2.01. The van der Waals surface area contributed by atoms with Crippen LogP contribution in [0.5, 0.6) is 0 Å². The van der Waals surface area contributed by atoms with E-state index in [2.05, 4.69) is 21.8 Å². The summed E-state index contributed by atoms with van der Waals surface area (Å²) >= 11 is 0. The molecule has 0 radical (unpaired) electrons. The Morgan fingerprint density at radius 2 is 1.55 bits per heavy atom. The number of amidine groups is 1. The Labute approximate surface area is 128 Å². The van der Waals surface area contributed by atoms with Crippen LogP contribution in [-0.4, -0.2) is 15.8 Å². The standard InChI is InChI=1S/C18H14N4/c19-17(20)15-7-3-13(4-8-15)1-2-14-5-9-16(10-6-14)18-21-11-12-22-18/h3-12H,(H3,19,20)(H,21,22). The third-order valence-electron chi connectivity index (χ3n) is 3.20. The number of benzene rings is 2. The summed E-state index contributed by atoms with van der Waals surface area (Å²) in [7, 11) is 0. The molecule has 0 saturated heterocycles. The second-order valence-electron chi connectivity index (χ2n) is 4.76. The van der Waals surface area contributed by atoms with E-state index in [-0.39, 0.29) is 5.84 Å². The van der Waals surface area contributed by atoms with E-state index in [9.17, 15) is 0 Å². The van der Waals surface area contributed by atoms with Crippen LogP contribution < -0.4 is 5.73 Å². The number of rotatable bonds is 2. The number of hydrogen-bond donors (Lipinski definition) is 3. The first-order valence-electron chi connectivity index (χ1n) is 6.79. The van der Waals surface area contributed by atoms with Crippen LogP contribution in [0, 0.1) is 17.3 Å². The van der Waals surface area contributed by atoms with Crippen LogP contribution in [0.1, 0.15) is 16.7 Å². The van der Waals surface area contributed by atoms with Crippen molar-refractivity contribution in [1.82, 2.24) is 9.97 Å². The predicted octanol–water partition coefficient (Wildman–Crippen LogP) is 2.76. The van der Waals surface area contributed by atoms with Gasteiger partial charge < -0.3 is 10.7 Å². The van der Waals surface area contributed by atoms with Crippen LogP contribution in [0.25, 0.3) is 11.4 Å². The molecule has 22 heavy (non-hydrogen) atoms. The van der Waals surface area contributed by atoms with Gasteiger partial charge in [0.1, 0.15) is 11.7 Å². The Hall–Kier alpha value is -3.32. The minimum Gasteiger partial charge on any atom is -0.384 e. The van der Waals surface area contributed by atoms with Gasteiger partial charge in [-0.1, -0.05) is 36.1 Å². The lowest BCUT2D eigenvalue weighted by molar-refractivity contribution is 1.31. The first-order chi connectivity index (χ1) is 10.7. The zero-order valence-corrected chi connectivity index (χ0v) is 11.8.